The number of benzene rings is 7. The molecule has 0 fully saturated rings. The van der Waals surface area contributed by atoms with Gasteiger partial charge in [-0.25, -0.2) is 0 Å². The van der Waals surface area contributed by atoms with E-state index in [1.165, 1.54) is 119 Å². The van der Waals surface area contributed by atoms with Gasteiger partial charge in [-0.05, 0) is 158 Å². The Bertz CT molecular complexity index is 3090. The fraction of sp³-hybridized carbons (Fsp3) is 0.167. The predicted octanol–water partition coefficient (Wildman–Crippen LogP) is 12.7. The van der Waals surface area contributed by atoms with Gasteiger partial charge in [0.2, 0.25) is 0 Å². The first kappa shape index (κ1) is 34.7. The van der Waals surface area contributed by atoms with Crippen LogP contribution in [0.2, 0.25) is 0 Å². The molecule has 0 bridgehead atoms. The van der Waals surface area contributed by atoms with E-state index >= 15 is 0 Å². The lowest BCUT2D eigenvalue weighted by atomic mass is 9.33. The van der Waals surface area contributed by atoms with Crippen molar-refractivity contribution in [3.63, 3.8) is 0 Å². The lowest BCUT2D eigenvalue weighted by Crippen LogP contribution is -2.61. The van der Waals surface area contributed by atoms with Gasteiger partial charge in [0.1, 0.15) is 0 Å². The van der Waals surface area contributed by atoms with Gasteiger partial charge in [0.25, 0.3) is 6.71 Å². The predicted molar refractivity (Wildman–Crippen MR) is 263 cm³/mol. The van der Waals surface area contributed by atoms with Crippen LogP contribution in [0.1, 0.15) is 81.0 Å². The summed E-state index contributed by atoms with van der Waals surface area (Å²) < 4.78 is 0. The maximum absolute atomic E-state index is 2.71. The van der Waals surface area contributed by atoms with Gasteiger partial charge in [-0.15, -0.1) is 0 Å². The molecule has 6 aliphatic carbocycles. The fourth-order valence-corrected chi connectivity index (χ4v) is 13.7. The smallest absolute Gasteiger partial charge is 0.252 e. The molecule has 8 aliphatic rings. The Labute approximate surface area is 370 Å². The molecule has 4 unspecified atom stereocenters. The van der Waals surface area contributed by atoms with E-state index in [-0.39, 0.29) is 6.71 Å². The van der Waals surface area contributed by atoms with Crippen LogP contribution in [-0.2, 0) is 25.7 Å². The topological polar surface area (TPSA) is 6.48 Å². The van der Waals surface area contributed by atoms with Gasteiger partial charge < -0.3 is 9.80 Å². The quantitative estimate of drug-likeness (QED) is 0.161. The van der Waals surface area contributed by atoms with Gasteiger partial charge in [-0.3, -0.25) is 0 Å². The summed E-state index contributed by atoms with van der Waals surface area (Å²) in [6.07, 6.45) is 25.7. The van der Waals surface area contributed by atoms with E-state index < -0.39 is 0 Å². The highest BCUT2D eigenvalue weighted by Gasteiger charge is 2.46. The SMILES string of the molecule is C1=CC2c3ccccc3-c3ccc(N4c5cccc6c5B(c5ccc7c(c54)CCC7)c4ccc5c(c4N6c4ccc6c(c4)C4C=CC=CC4c4ccccc4-6)CCC5)cc3C2C=C1. The second kappa shape index (κ2) is 12.9. The molecular weight excluding hydrogens is 759 g/mol. The minimum atomic E-state index is 0.145. The summed E-state index contributed by atoms with van der Waals surface area (Å²) in [6.45, 7) is 0.145. The third-order valence-corrected chi connectivity index (χ3v) is 16.3. The average Bonchev–Trinajstić information content (AvgIpc) is 4.05. The Morgan fingerprint density at radius 2 is 0.841 bits per heavy atom. The van der Waals surface area contributed by atoms with Gasteiger partial charge in [0, 0.05) is 57.8 Å². The number of allylic oxidation sites excluding steroid dienone is 8. The summed E-state index contributed by atoms with van der Waals surface area (Å²) in [6, 6.07) is 50.3. The van der Waals surface area contributed by atoms with E-state index in [9.17, 15) is 0 Å². The van der Waals surface area contributed by atoms with Crippen molar-refractivity contribution >= 4 is 57.2 Å². The summed E-state index contributed by atoms with van der Waals surface area (Å²) in [5.41, 5.74) is 29.8. The van der Waals surface area contributed by atoms with Crippen LogP contribution < -0.4 is 26.2 Å². The minimum absolute atomic E-state index is 0.145. The average molecular weight is 805 g/mol. The first-order valence-electron chi connectivity index (χ1n) is 23.5. The summed E-state index contributed by atoms with van der Waals surface area (Å²) in [5.74, 6) is 1.29. The van der Waals surface area contributed by atoms with Crippen LogP contribution in [-0.4, -0.2) is 6.71 Å². The molecule has 15 rings (SSSR count). The van der Waals surface area contributed by atoms with Crippen molar-refractivity contribution in [1.82, 2.24) is 0 Å². The number of nitrogens with zero attached hydrogens (tertiary/aromatic N) is 2. The van der Waals surface area contributed by atoms with Crippen molar-refractivity contribution in [1.29, 1.82) is 0 Å². The van der Waals surface area contributed by atoms with Crippen LogP contribution in [0, 0.1) is 0 Å². The molecule has 3 heteroatoms. The largest absolute Gasteiger partial charge is 0.311 e. The number of aryl methyl sites for hydroxylation is 2. The van der Waals surface area contributed by atoms with Gasteiger partial charge in [-0.1, -0.05) is 140 Å². The number of hydrogen-bond donors (Lipinski definition) is 0. The zero-order valence-electron chi connectivity index (χ0n) is 35.3. The lowest BCUT2D eigenvalue weighted by Gasteiger charge is -2.46. The summed E-state index contributed by atoms with van der Waals surface area (Å²) in [7, 11) is 0. The number of hydrogen-bond acceptors (Lipinski definition) is 2. The Morgan fingerprint density at radius 1 is 0.397 bits per heavy atom. The molecule has 4 atom stereocenters. The molecule has 7 aromatic rings. The van der Waals surface area contributed by atoms with Crippen molar-refractivity contribution in [3.8, 4) is 22.3 Å². The molecular formula is C60H45BN2. The van der Waals surface area contributed by atoms with Gasteiger partial charge >= 0.3 is 0 Å². The third-order valence-electron chi connectivity index (χ3n) is 16.3. The second-order valence-corrected chi connectivity index (χ2v) is 19.2. The zero-order chi connectivity index (χ0) is 40.9. The maximum Gasteiger partial charge on any atom is 0.252 e. The fourth-order valence-electron chi connectivity index (χ4n) is 13.7. The maximum atomic E-state index is 2.71. The zero-order valence-corrected chi connectivity index (χ0v) is 35.3. The molecule has 0 N–H and O–H groups in total. The highest BCUT2D eigenvalue weighted by atomic mass is 15.2. The Balaban J connectivity index is 0.981. The van der Waals surface area contributed by atoms with E-state index in [1.807, 2.05) is 0 Å². The monoisotopic (exact) mass is 804 g/mol. The van der Waals surface area contributed by atoms with E-state index in [0.717, 1.165) is 25.7 Å². The van der Waals surface area contributed by atoms with Gasteiger partial charge in [0.05, 0.1) is 0 Å². The van der Waals surface area contributed by atoms with Gasteiger partial charge in [-0.2, -0.15) is 0 Å². The van der Waals surface area contributed by atoms with Crippen LogP contribution in [0.15, 0.2) is 176 Å². The molecule has 2 aliphatic heterocycles. The molecule has 0 aromatic heterocycles. The van der Waals surface area contributed by atoms with Crippen LogP contribution >= 0.6 is 0 Å². The van der Waals surface area contributed by atoms with E-state index in [1.54, 1.807) is 11.1 Å². The van der Waals surface area contributed by atoms with E-state index in [2.05, 4.69) is 186 Å². The van der Waals surface area contributed by atoms with E-state index in [0.29, 0.717) is 23.7 Å². The van der Waals surface area contributed by atoms with Crippen molar-refractivity contribution in [3.05, 3.63) is 221 Å². The first-order valence-corrected chi connectivity index (χ1v) is 23.5. The summed E-state index contributed by atoms with van der Waals surface area (Å²) >= 11 is 0. The molecule has 298 valence electrons. The lowest BCUT2D eigenvalue weighted by molar-refractivity contribution is 0.720. The molecule has 63 heavy (non-hydrogen) atoms. The van der Waals surface area contributed by atoms with Crippen LogP contribution in [0.3, 0.4) is 0 Å². The molecule has 0 spiro atoms. The Hall–Kier alpha value is -6.84. The highest BCUT2D eigenvalue weighted by molar-refractivity contribution is 7.00. The molecule has 7 aromatic carbocycles. The van der Waals surface area contributed by atoms with Crippen LogP contribution in [0.25, 0.3) is 22.3 Å². The molecule has 2 heterocycles. The standard InChI is InChI=1S/C60H45BN2/c1-3-18-46-42(14-1)44-16-5-7-20-48(44)52-34-38(28-30-50(46)52)62-56-24-11-25-57-58(56)61(54-32-26-36-12-9-22-40(36)59(54)62)55-33-27-37-13-10-23-41(37)60(55)63(57)39-29-31-51-47-19-4-2-15-43(47)45-17-6-8-21-49(45)53(51)35-39/h1-8,11,14-21,24-35,44-45,48-49H,9-10,12-13,22-23H2. The van der Waals surface area contributed by atoms with Crippen molar-refractivity contribution in [2.45, 2.75) is 62.2 Å². The minimum Gasteiger partial charge on any atom is -0.311 e. The molecule has 0 amide bonds. The Morgan fingerprint density at radius 3 is 1.33 bits per heavy atom. The van der Waals surface area contributed by atoms with Crippen molar-refractivity contribution < 1.29 is 0 Å². The highest BCUT2D eigenvalue weighted by Crippen LogP contribution is 2.55. The molecule has 0 radical (unpaired) electrons. The van der Waals surface area contributed by atoms with Crippen LogP contribution in [0.5, 0.6) is 0 Å². The number of fused-ring (bicyclic) bond motifs is 20. The molecule has 2 nitrogen and oxygen atoms in total. The third kappa shape index (κ3) is 4.65. The number of anilines is 6. The van der Waals surface area contributed by atoms with Crippen molar-refractivity contribution in [2.24, 2.45) is 0 Å². The molecule has 0 saturated heterocycles. The summed E-state index contributed by atoms with van der Waals surface area (Å²) in [5, 5.41) is 0. The van der Waals surface area contributed by atoms with Gasteiger partial charge in [0.15, 0.2) is 0 Å². The second-order valence-electron chi connectivity index (χ2n) is 19.2. The summed E-state index contributed by atoms with van der Waals surface area (Å²) in [4.78, 5) is 5.41. The first-order chi connectivity index (χ1) is 31.3. The van der Waals surface area contributed by atoms with Crippen molar-refractivity contribution in [2.75, 3.05) is 9.80 Å². The van der Waals surface area contributed by atoms with E-state index in [4.69, 9.17) is 0 Å². The normalized spacial score (nSPS) is 21.6. The molecule has 0 saturated carbocycles. The number of rotatable bonds is 2. The van der Waals surface area contributed by atoms with Crippen LogP contribution in [0.4, 0.5) is 34.1 Å². The Kier molecular flexibility index (Phi) is 7.09.